The maximum atomic E-state index is 12.6. The number of halogens is 1. The Balaban J connectivity index is 1.98. The van der Waals surface area contributed by atoms with Crippen molar-refractivity contribution in [2.45, 2.75) is 26.7 Å². The number of carbonyl (C=O) groups excluding carboxylic acids is 2. The highest BCUT2D eigenvalue weighted by Gasteiger charge is 2.14. The van der Waals surface area contributed by atoms with E-state index < -0.39 is 0 Å². The number of hydrogen-bond acceptors (Lipinski definition) is 3. The topological polar surface area (TPSA) is 61.4 Å². The SMILES string of the molecule is CCCN(CCC)C(=O)c1ccc(NC(=S)NC(=O)c2ccccc2I)cc1. The van der Waals surface area contributed by atoms with E-state index in [1.54, 1.807) is 30.3 Å². The lowest BCUT2D eigenvalue weighted by Crippen LogP contribution is -2.34. The van der Waals surface area contributed by atoms with Crippen molar-refractivity contribution < 1.29 is 9.59 Å². The van der Waals surface area contributed by atoms with Gasteiger partial charge in [0.25, 0.3) is 11.8 Å². The summed E-state index contributed by atoms with van der Waals surface area (Å²) in [6, 6.07) is 14.4. The van der Waals surface area contributed by atoms with Crippen molar-refractivity contribution in [1.29, 1.82) is 0 Å². The Morgan fingerprint density at radius 1 is 1.00 bits per heavy atom. The summed E-state index contributed by atoms with van der Waals surface area (Å²) in [5.41, 5.74) is 1.92. The highest BCUT2D eigenvalue weighted by Crippen LogP contribution is 2.14. The number of nitrogens with zero attached hydrogens (tertiary/aromatic N) is 1. The van der Waals surface area contributed by atoms with E-state index in [1.807, 2.05) is 23.1 Å². The standard InChI is InChI=1S/C21H24IN3O2S/c1-3-13-25(14-4-2)20(27)15-9-11-16(12-10-15)23-21(28)24-19(26)17-7-5-6-8-18(17)22/h5-12H,3-4,13-14H2,1-2H3,(H2,23,24,26,28). The summed E-state index contributed by atoms with van der Waals surface area (Å²) in [7, 11) is 0. The molecule has 0 heterocycles. The third-order valence-corrected chi connectivity index (χ3v) is 5.15. The van der Waals surface area contributed by atoms with Crippen LogP contribution < -0.4 is 10.6 Å². The quantitative estimate of drug-likeness (QED) is 0.421. The summed E-state index contributed by atoms with van der Waals surface area (Å²) < 4.78 is 0.854. The van der Waals surface area contributed by atoms with E-state index in [1.165, 1.54) is 0 Å². The van der Waals surface area contributed by atoms with Crippen LogP contribution in [0.2, 0.25) is 0 Å². The van der Waals surface area contributed by atoms with Crippen LogP contribution in [0.15, 0.2) is 48.5 Å². The summed E-state index contributed by atoms with van der Waals surface area (Å²) in [5, 5.41) is 5.87. The first-order chi connectivity index (χ1) is 13.5. The predicted molar refractivity (Wildman–Crippen MR) is 126 cm³/mol. The van der Waals surface area contributed by atoms with Crippen LogP contribution in [0.1, 0.15) is 47.4 Å². The fourth-order valence-electron chi connectivity index (χ4n) is 2.71. The van der Waals surface area contributed by atoms with Gasteiger partial charge in [-0.25, -0.2) is 0 Å². The summed E-state index contributed by atoms with van der Waals surface area (Å²) in [6.45, 7) is 5.63. The fraction of sp³-hybridized carbons (Fsp3) is 0.286. The maximum absolute atomic E-state index is 12.6. The minimum Gasteiger partial charge on any atom is -0.339 e. The molecule has 0 aromatic heterocycles. The zero-order chi connectivity index (χ0) is 20.5. The molecule has 2 amide bonds. The summed E-state index contributed by atoms with van der Waals surface area (Å²) in [6.07, 6.45) is 1.86. The molecule has 148 valence electrons. The fourth-order valence-corrected chi connectivity index (χ4v) is 3.55. The van der Waals surface area contributed by atoms with Crippen LogP contribution in [-0.2, 0) is 0 Å². The Labute approximate surface area is 185 Å². The molecule has 2 rings (SSSR count). The molecule has 2 aromatic rings. The Hall–Kier alpha value is -2.00. The van der Waals surface area contributed by atoms with Gasteiger partial charge in [0.15, 0.2) is 5.11 Å². The normalized spacial score (nSPS) is 10.2. The van der Waals surface area contributed by atoms with Gasteiger partial charge in [-0.15, -0.1) is 0 Å². The second kappa shape index (κ2) is 11.1. The van der Waals surface area contributed by atoms with Crippen molar-refractivity contribution in [3.05, 3.63) is 63.2 Å². The number of benzene rings is 2. The Morgan fingerprint density at radius 3 is 2.18 bits per heavy atom. The average Bonchev–Trinajstić information content (AvgIpc) is 2.68. The lowest BCUT2D eigenvalue weighted by Gasteiger charge is -2.21. The van der Waals surface area contributed by atoms with Gasteiger partial charge in [0.05, 0.1) is 5.56 Å². The van der Waals surface area contributed by atoms with E-state index in [9.17, 15) is 9.59 Å². The number of hydrogen-bond donors (Lipinski definition) is 2. The Bertz CT molecular complexity index is 834. The first-order valence-corrected chi connectivity index (χ1v) is 10.7. The molecule has 0 aliphatic heterocycles. The molecule has 0 saturated carbocycles. The van der Waals surface area contributed by atoms with E-state index in [2.05, 4.69) is 47.1 Å². The van der Waals surface area contributed by atoms with Crippen molar-refractivity contribution in [2.75, 3.05) is 18.4 Å². The molecule has 7 heteroatoms. The zero-order valence-electron chi connectivity index (χ0n) is 16.0. The van der Waals surface area contributed by atoms with Crippen molar-refractivity contribution in [2.24, 2.45) is 0 Å². The molecule has 2 N–H and O–H groups in total. The van der Waals surface area contributed by atoms with Crippen LogP contribution in [0, 0.1) is 3.57 Å². The molecule has 28 heavy (non-hydrogen) atoms. The van der Waals surface area contributed by atoms with Gasteiger partial charge in [0.1, 0.15) is 0 Å². The van der Waals surface area contributed by atoms with Gasteiger partial charge in [0, 0.05) is 27.9 Å². The molecule has 0 atom stereocenters. The summed E-state index contributed by atoms with van der Waals surface area (Å²) in [4.78, 5) is 26.8. The number of nitrogens with one attached hydrogen (secondary N) is 2. The smallest absolute Gasteiger partial charge is 0.258 e. The minimum atomic E-state index is -0.260. The molecule has 0 bridgehead atoms. The predicted octanol–water partition coefficient (Wildman–Crippen LogP) is 4.68. The van der Waals surface area contributed by atoms with Crippen molar-refractivity contribution in [1.82, 2.24) is 10.2 Å². The van der Waals surface area contributed by atoms with Crippen molar-refractivity contribution in [3.63, 3.8) is 0 Å². The number of carbonyl (C=O) groups is 2. The molecular weight excluding hydrogens is 485 g/mol. The largest absolute Gasteiger partial charge is 0.339 e. The van der Waals surface area contributed by atoms with Gasteiger partial charge in [0.2, 0.25) is 0 Å². The highest BCUT2D eigenvalue weighted by molar-refractivity contribution is 14.1. The first-order valence-electron chi connectivity index (χ1n) is 9.22. The van der Waals surface area contributed by atoms with Crippen LogP contribution in [0.3, 0.4) is 0 Å². The molecule has 0 saturated heterocycles. The molecule has 0 radical (unpaired) electrons. The van der Waals surface area contributed by atoms with Crippen LogP contribution >= 0.6 is 34.8 Å². The lowest BCUT2D eigenvalue weighted by atomic mass is 10.1. The second-order valence-corrected chi connectivity index (χ2v) is 7.83. The van der Waals surface area contributed by atoms with E-state index in [-0.39, 0.29) is 16.9 Å². The average molecular weight is 509 g/mol. The van der Waals surface area contributed by atoms with Gasteiger partial charge >= 0.3 is 0 Å². The Morgan fingerprint density at radius 2 is 1.61 bits per heavy atom. The zero-order valence-corrected chi connectivity index (χ0v) is 19.0. The third kappa shape index (κ3) is 6.27. The molecule has 0 unspecified atom stereocenters. The molecule has 0 spiro atoms. The van der Waals surface area contributed by atoms with E-state index in [4.69, 9.17) is 12.2 Å². The summed E-state index contributed by atoms with van der Waals surface area (Å²) >= 11 is 7.34. The van der Waals surface area contributed by atoms with Gasteiger partial charge < -0.3 is 10.2 Å². The van der Waals surface area contributed by atoms with Gasteiger partial charge in [-0.05, 0) is 84.0 Å². The van der Waals surface area contributed by atoms with Crippen LogP contribution in [-0.4, -0.2) is 34.9 Å². The van der Waals surface area contributed by atoms with E-state index in [0.29, 0.717) is 16.8 Å². The van der Waals surface area contributed by atoms with Crippen molar-refractivity contribution >= 4 is 57.4 Å². The molecule has 2 aromatic carbocycles. The van der Waals surface area contributed by atoms with Crippen molar-refractivity contribution in [3.8, 4) is 0 Å². The van der Waals surface area contributed by atoms with Gasteiger partial charge in [-0.2, -0.15) is 0 Å². The van der Waals surface area contributed by atoms with Crippen LogP contribution in [0.25, 0.3) is 0 Å². The molecule has 0 aliphatic rings. The van der Waals surface area contributed by atoms with Gasteiger partial charge in [-0.1, -0.05) is 26.0 Å². The molecule has 5 nitrogen and oxygen atoms in total. The molecule has 0 aliphatic carbocycles. The number of amides is 2. The van der Waals surface area contributed by atoms with Crippen LogP contribution in [0.4, 0.5) is 5.69 Å². The lowest BCUT2D eigenvalue weighted by molar-refractivity contribution is 0.0755. The molecular formula is C21H24IN3O2S. The first kappa shape index (κ1) is 22.3. The number of thiocarbonyl (C=S) groups is 1. The highest BCUT2D eigenvalue weighted by atomic mass is 127. The second-order valence-electron chi connectivity index (χ2n) is 6.26. The van der Waals surface area contributed by atoms with Crippen LogP contribution in [0.5, 0.6) is 0 Å². The monoisotopic (exact) mass is 509 g/mol. The molecule has 0 fully saturated rings. The Kier molecular flexibility index (Phi) is 8.85. The maximum Gasteiger partial charge on any atom is 0.258 e. The van der Waals surface area contributed by atoms with Gasteiger partial charge in [-0.3, -0.25) is 14.9 Å². The third-order valence-electron chi connectivity index (χ3n) is 4.01. The van der Waals surface area contributed by atoms with E-state index >= 15 is 0 Å². The number of anilines is 1. The summed E-state index contributed by atoms with van der Waals surface area (Å²) in [5.74, 6) is -0.228. The van der Waals surface area contributed by atoms with E-state index in [0.717, 1.165) is 29.5 Å². The number of rotatable bonds is 7. The minimum absolute atomic E-state index is 0.0322.